The highest BCUT2D eigenvalue weighted by Crippen LogP contribution is 2.38. The number of aryl methyl sites for hydroxylation is 2. The number of nitrogen functional groups attached to an aromatic ring is 1. The fraction of sp³-hybridized carbons (Fsp3) is 0.348. The van der Waals surface area contributed by atoms with Crippen LogP contribution in [0.2, 0.25) is 0 Å². The lowest BCUT2D eigenvalue weighted by molar-refractivity contribution is 0.609. The molecule has 142 valence electrons. The van der Waals surface area contributed by atoms with Gasteiger partial charge in [-0.3, -0.25) is 0 Å². The van der Waals surface area contributed by atoms with Crippen LogP contribution < -0.4 is 5.73 Å². The largest absolute Gasteiger partial charge is 0.383 e. The van der Waals surface area contributed by atoms with Gasteiger partial charge in [-0.15, -0.1) is 0 Å². The summed E-state index contributed by atoms with van der Waals surface area (Å²) in [5, 5.41) is 14.7. The number of nitriles is 1. The smallest absolute Gasteiger partial charge is 0.142 e. The predicted octanol–water partition coefficient (Wildman–Crippen LogP) is 4.66. The Balaban J connectivity index is 1.99. The highest BCUT2D eigenvalue weighted by Gasteiger charge is 2.25. The number of fused-ring (bicyclic) bond motifs is 1. The lowest BCUT2D eigenvalue weighted by Gasteiger charge is -2.20. The normalized spacial score (nSPS) is 14.0. The van der Waals surface area contributed by atoms with E-state index in [4.69, 9.17) is 10.8 Å². The molecule has 5 heteroatoms. The van der Waals surface area contributed by atoms with Crippen LogP contribution in [0.1, 0.15) is 53.9 Å². The third-order valence-corrected chi connectivity index (χ3v) is 5.66. The van der Waals surface area contributed by atoms with Gasteiger partial charge in [0.2, 0.25) is 0 Å². The zero-order valence-corrected chi connectivity index (χ0v) is 16.5. The Kier molecular flexibility index (Phi) is 4.87. The Morgan fingerprint density at radius 1 is 1.00 bits per heavy atom. The molecule has 2 N–H and O–H groups in total. The van der Waals surface area contributed by atoms with Crippen LogP contribution in [0.4, 0.5) is 5.82 Å². The maximum atomic E-state index is 9.90. The molecule has 5 nitrogen and oxygen atoms in total. The number of para-hydroxylation sites is 1. The van der Waals surface area contributed by atoms with E-state index in [0.29, 0.717) is 11.4 Å². The van der Waals surface area contributed by atoms with E-state index >= 15 is 0 Å². The number of anilines is 1. The molecule has 0 aliphatic heterocycles. The second-order valence-corrected chi connectivity index (χ2v) is 7.49. The number of nitrogens with zero attached hydrogens (tertiary/aromatic N) is 4. The van der Waals surface area contributed by atoms with E-state index in [1.54, 1.807) is 0 Å². The Labute approximate surface area is 165 Å². The standard InChI is InChI=1S/C23H25N5/c1-15-21(16(2)28(27-15)17-10-6-5-7-11-17)22-18-12-8-3-4-9-13-20(18)26-23(25)19(22)14-24/h5-7,10-11H,3-4,8-9,12-13H2,1-2H3,(H2,25,26). The molecule has 0 bridgehead atoms. The highest BCUT2D eigenvalue weighted by atomic mass is 15.3. The van der Waals surface area contributed by atoms with Crippen molar-refractivity contribution in [1.29, 1.82) is 5.26 Å². The maximum absolute atomic E-state index is 9.90. The van der Waals surface area contributed by atoms with Gasteiger partial charge in [0.05, 0.1) is 11.4 Å². The minimum Gasteiger partial charge on any atom is -0.383 e. The number of rotatable bonds is 2. The van der Waals surface area contributed by atoms with Crippen molar-refractivity contribution < 1.29 is 0 Å². The van der Waals surface area contributed by atoms with Crippen molar-refractivity contribution in [3.05, 3.63) is 58.5 Å². The van der Waals surface area contributed by atoms with Gasteiger partial charge >= 0.3 is 0 Å². The zero-order valence-electron chi connectivity index (χ0n) is 16.5. The molecule has 0 saturated heterocycles. The molecule has 2 aromatic heterocycles. The summed E-state index contributed by atoms with van der Waals surface area (Å²) in [7, 11) is 0. The van der Waals surface area contributed by atoms with Gasteiger partial charge in [-0.05, 0) is 57.2 Å². The van der Waals surface area contributed by atoms with Gasteiger partial charge in [0.15, 0.2) is 0 Å². The summed E-state index contributed by atoms with van der Waals surface area (Å²) >= 11 is 0. The molecule has 1 aromatic carbocycles. The molecule has 1 aliphatic rings. The summed E-state index contributed by atoms with van der Waals surface area (Å²) in [5.41, 5.74) is 13.9. The number of pyridine rings is 1. The molecule has 3 aromatic rings. The Morgan fingerprint density at radius 2 is 1.71 bits per heavy atom. The lowest BCUT2D eigenvalue weighted by atomic mass is 9.87. The zero-order chi connectivity index (χ0) is 19.7. The number of benzene rings is 1. The summed E-state index contributed by atoms with van der Waals surface area (Å²) in [6.07, 6.45) is 6.52. The highest BCUT2D eigenvalue weighted by molar-refractivity contribution is 5.82. The summed E-state index contributed by atoms with van der Waals surface area (Å²) in [6.45, 7) is 4.07. The van der Waals surface area contributed by atoms with Crippen molar-refractivity contribution in [2.75, 3.05) is 5.73 Å². The van der Waals surface area contributed by atoms with E-state index in [9.17, 15) is 5.26 Å². The number of hydrogen-bond donors (Lipinski definition) is 1. The van der Waals surface area contributed by atoms with Gasteiger partial charge in [0, 0.05) is 22.5 Å². The van der Waals surface area contributed by atoms with Crippen molar-refractivity contribution >= 4 is 5.82 Å². The molecule has 4 rings (SSSR count). The first kappa shape index (κ1) is 18.2. The minimum atomic E-state index is 0.336. The lowest BCUT2D eigenvalue weighted by Crippen LogP contribution is -2.10. The second kappa shape index (κ2) is 7.47. The molecule has 0 atom stereocenters. The molecule has 1 aliphatic carbocycles. The van der Waals surface area contributed by atoms with Crippen molar-refractivity contribution in [3.63, 3.8) is 0 Å². The van der Waals surface area contributed by atoms with E-state index in [2.05, 4.69) is 18.0 Å². The van der Waals surface area contributed by atoms with E-state index in [0.717, 1.165) is 59.6 Å². The van der Waals surface area contributed by atoms with Gasteiger partial charge in [0.25, 0.3) is 0 Å². The average Bonchev–Trinajstić information content (AvgIpc) is 2.97. The fourth-order valence-electron chi connectivity index (χ4n) is 4.33. The summed E-state index contributed by atoms with van der Waals surface area (Å²) in [6, 6.07) is 12.4. The van der Waals surface area contributed by atoms with Crippen molar-refractivity contribution in [3.8, 4) is 22.9 Å². The summed E-state index contributed by atoms with van der Waals surface area (Å²) < 4.78 is 1.96. The first-order chi connectivity index (χ1) is 13.6. The molecule has 0 spiro atoms. The SMILES string of the molecule is Cc1nn(-c2ccccc2)c(C)c1-c1c(C#N)c(N)nc2c1CCCCCC2. The van der Waals surface area contributed by atoms with Crippen LogP contribution in [-0.4, -0.2) is 14.8 Å². The molecule has 0 fully saturated rings. The van der Waals surface area contributed by atoms with Crippen LogP contribution in [0.3, 0.4) is 0 Å². The number of aromatic nitrogens is 3. The van der Waals surface area contributed by atoms with Crippen LogP contribution in [0.15, 0.2) is 30.3 Å². The van der Waals surface area contributed by atoms with Gasteiger partial charge < -0.3 is 5.73 Å². The quantitative estimate of drug-likeness (QED) is 0.710. The molecule has 0 saturated carbocycles. The maximum Gasteiger partial charge on any atom is 0.142 e. The summed E-state index contributed by atoms with van der Waals surface area (Å²) in [4.78, 5) is 4.62. The van der Waals surface area contributed by atoms with E-state index < -0.39 is 0 Å². The van der Waals surface area contributed by atoms with Crippen LogP contribution in [0.5, 0.6) is 0 Å². The molecular formula is C23H25N5. The number of nitrogens with two attached hydrogens (primary N) is 1. The third-order valence-electron chi connectivity index (χ3n) is 5.66. The Hall–Kier alpha value is -3.13. The monoisotopic (exact) mass is 371 g/mol. The van der Waals surface area contributed by atoms with E-state index in [1.807, 2.05) is 41.9 Å². The summed E-state index contributed by atoms with van der Waals surface area (Å²) in [5.74, 6) is 0.336. The van der Waals surface area contributed by atoms with Crippen LogP contribution in [0, 0.1) is 25.2 Å². The molecule has 0 unspecified atom stereocenters. The Morgan fingerprint density at radius 3 is 2.43 bits per heavy atom. The topological polar surface area (TPSA) is 80.5 Å². The molecule has 2 heterocycles. The second-order valence-electron chi connectivity index (χ2n) is 7.49. The van der Waals surface area contributed by atoms with Crippen molar-refractivity contribution in [2.45, 2.75) is 52.4 Å². The third kappa shape index (κ3) is 3.05. The molecule has 0 radical (unpaired) electrons. The van der Waals surface area contributed by atoms with Crippen LogP contribution in [-0.2, 0) is 12.8 Å². The van der Waals surface area contributed by atoms with Gasteiger partial charge in [-0.1, -0.05) is 31.0 Å². The number of hydrogen-bond acceptors (Lipinski definition) is 4. The van der Waals surface area contributed by atoms with E-state index in [-0.39, 0.29) is 0 Å². The first-order valence-electron chi connectivity index (χ1n) is 9.95. The van der Waals surface area contributed by atoms with E-state index in [1.165, 1.54) is 18.4 Å². The van der Waals surface area contributed by atoms with Gasteiger partial charge in [0.1, 0.15) is 17.5 Å². The molecule has 0 amide bonds. The Bertz CT molecular complexity index is 1060. The average molecular weight is 371 g/mol. The first-order valence-corrected chi connectivity index (χ1v) is 9.95. The van der Waals surface area contributed by atoms with Crippen LogP contribution >= 0.6 is 0 Å². The molecular weight excluding hydrogens is 346 g/mol. The predicted molar refractivity (Wildman–Crippen MR) is 111 cm³/mol. The van der Waals surface area contributed by atoms with Crippen molar-refractivity contribution in [1.82, 2.24) is 14.8 Å². The van der Waals surface area contributed by atoms with Gasteiger partial charge in [-0.25, -0.2) is 9.67 Å². The fourth-order valence-corrected chi connectivity index (χ4v) is 4.33. The minimum absolute atomic E-state index is 0.336. The van der Waals surface area contributed by atoms with Crippen molar-refractivity contribution in [2.24, 2.45) is 0 Å². The van der Waals surface area contributed by atoms with Gasteiger partial charge in [-0.2, -0.15) is 10.4 Å². The van der Waals surface area contributed by atoms with Crippen LogP contribution in [0.25, 0.3) is 16.8 Å². The molecule has 28 heavy (non-hydrogen) atoms.